The maximum Gasteiger partial charge on any atom is 0.143 e. The number of halogens is 1. The van der Waals surface area contributed by atoms with Gasteiger partial charge in [0.2, 0.25) is 0 Å². The number of hydrogen-bond acceptors (Lipinski definition) is 4. The van der Waals surface area contributed by atoms with Gasteiger partial charge in [-0.3, -0.25) is 0 Å². The molecule has 0 aliphatic heterocycles. The van der Waals surface area contributed by atoms with E-state index in [1.807, 2.05) is 11.8 Å². The molecule has 1 N–H and O–H groups in total. The van der Waals surface area contributed by atoms with E-state index in [0.29, 0.717) is 11.3 Å². The van der Waals surface area contributed by atoms with E-state index in [2.05, 4.69) is 37.5 Å². The van der Waals surface area contributed by atoms with Crippen LogP contribution in [-0.4, -0.2) is 27.5 Å². The quantitative estimate of drug-likeness (QED) is 0.928. The molecule has 5 heteroatoms. The molecule has 1 aromatic heterocycles. The zero-order chi connectivity index (χ0) is 10.7. The van der Waals surface area contributed by atoms with Crippen molar-refractivity contribution in [1.82, 2.24) is 9.97 Å². The molecule has 3 nitrogen and oxygen atoms in total. The topological polar surface area (TPSA) is 37.8 Å². The van der Waals surface area contributed by atoms with Crippen molar-refractivity contribution < 1.29 is 0 Å². The van der Waals surface area contributed by atoms with Crippen LogP contribution in [0.4, 0.5) is 5.82 Å². The van der Waals surface area contributed by atoms with Gasteiger partial charge in [-0.25, -0.2) is 9.97 Å². The maximum atomic E-state index is 4.23. The molecule has 2 atom stereocenters. The third kappa shape index (κ3) is 2.64. The fourth-order valence-corrected chi connectivity index (χ4v) is 3.24. The minimum Gasteiger partial charge on any atom is -0.365 e. The van der Waals surface area contributed by atoms with Crippen LogP contribution in [0.2, 0.25) is 0 Å². The van der Waals surface area contributed by atoms with Crippen LogP contribution in [0.3, 0.4) is 0 Å². The van der Waals surface area contributed by atoms with E-state index in [-0.39, 0.29) is 0 Å². The van der Waals surface area contributed by atoms with Crippen LogP contribution < -0.4 is 5.32 Å². The van der Waals surface area contributed by atoms with Gasteiger partial charge in [0, 0.05) is 17.5 Å². The van der Waals surface area contributed by atoms with E-state index in [9.17, 15) is 0 Å². The molecule has 0 radical (unpaired) electrons. The van der Waals surface area contributed by atoms with Crippen molar-refractivity contribution in [3.8, 4) is 0 Å². The molecule has 0 spiro atoms. The molecule has 2 unspecified atom stereocenters. The molecule has 1 aliphatic carbocycles. The van der Waals surface area contributed by atoms with E-state index < -0.39 is 0 Å². The summed E-state index contributed by atoms with van der Waals surface area (Å²) in [6.45, 7) is 0. The van der Waals surface area contributed by atoms with Crippen LogP contribution in [0.5, 0.6) is 0 Å². The Kier molecular flexibility index (Phi) is 3.86. The highest BCUT2D eigenvalue weighted by atomic mass is 79.9. The Morgan fingerprint density at radius 2 is 2.40 bits per heavy atom. The fourth-order valence-electron chi connectivity index (χ4n) is 1.97. The molecule has 0 saturated heterocycles. The van der Waals surface area contributed by atoms with Crippen molar-refractivity contribution in [3.63, 3.8) is 0 Å². The smallest absolute Gasteiger partial charge is 0.143 e. The Balaban J connectivity index is 2.05. The van der Waals surface area contributed by atoms with Gasteiger partial charge < -0.3 is 5.32 Å². The summed E-state index contributed by atoms with van der Waals surface area (Å²) < 4.78 is 0.941. The fraction of sp³-hybridized carbons (Fsp3) is 0.600. The lowest BCUT2D eigenvalue weighted by molar-refractivity contribution is 0.761. The lowest BCUT2D eigenvalue weighted by Gasteiger charge is -2.20. The molecule has 2 rings (SSSR count). The van der Waals surface area contributed by atoms with Gasteiger partial charge in [-0.2, -0.15) is 11.8 Å². The average Bonchev–Trinajstić information content (AvgIpc) is 2.69. The molecule has 82 valence electrons. The number of nitrogens with zero attached hydrogens (tertiary/aromatic N) is 2. The largest absolute Gasteiger partial charge is 0.365 e. The van der Waals surface area contributed by atoms with E-state index in [4.69, 9.17) is 0 Å². The van der Waals surface area contributed by atoms with Crippen molar-refractivity contribution in [2.24, 2.45) is 0 Å². The molecule has 1 fully saturated rings. The minimum absolute atomic E-state index is 0.547. The van der Waals surface area contributed by atoms with Crippen LogP contribution in [-0.2, 0) is 0 Å². The third-order valence-corrected chi connectivity index (χ3v) is 4.50. The molecule has 1 heterocycles. The van der Waals surface area contributed by atoms with Gasteiger partial charge in [0.25, 0.3) is 0 Å². The number of aromatic nitrogens is 2. The summed E-state index contributed by atoms with van der Waals surface area (Å²) in [5.74, 6) is 0.913. The number of rotatable bonds is 3. The summed E-state index contributed by atoms with van der Waals surface area (Å²) in [5, 5.41) is 4.21. The number of hydrogen-bond donors (Lipinski definition) is 1. The number of anilines is 1. The van der Waals surface area contributed by atoms with Crippen molar-refractivity contribution in [3.05, 3.63) is 17.0 Å². The molecule has 0 aromatic carbocycles. The van der Waals surface area contributed by atoms with E-state index in [1.54, 1.807) is 12.5 Å². The Morgan fingerprint density at radius 1 is 1.53 bits per heavy atom. The molecular weight excluding hydrogens is 274 g/mol. The summed E-state index contributed by atoms with van der Waals surface area (Å²) in [4.78, 5) is 8.19. The lowest BCUT2D eigenvalue weighted by atomic mass is 10.2. The summed E-state index contributed by atoms with van der Waals surface area (Å²) in [5.41, 5.74) is 0. The summed E-state index contributed by atoms with van der Waals surface area (Å²) in [7, 11) is 0. The monoisotopic (exact) mass is 287 g/mol. The van der Waals surface area contributed by atoms with Crippen LogP contribution in [0.1, 0.15) is 19.3 Å². The number of nitrogens with one attached hydrogen (secondary N) is 1. The zero-order valence-electron chi connectivity index (χ0n) is 8.61. The SMILES string of the molecule is CSC1CCCC1Nc1ncncc1Br. The summed E-state index contributed by atoms with van der Waals surface area (Å²) >= 11 is 5.40. The molecule has 1 aromatic rings. The molecule has 0 bridgehead atoms. The zero-order valence-corrected chi connectivity index (χ0v) is 11.0. The maximum absolute atomic E-state index is 4.23. The molecule has 1 saturated carbocycles. The van der Waals surface area contributed by atoms with Gasteiger partial charge in [-0.1, -0.05) is 6.42 Å². The molecular formula is C10H14BrN3S. The Morgan fingerprint density at radius 3 is 3.13 bits per heavy atom. The first-order valence-corrected chi connectivity index (χ1v) is 7.14. The first-order valence-electron chi connectivity index (χ1n) is 5.06. The second-order valence-electron chi connectivity index (χ2n) is 3.68. The van der Waals surface area contributed by atoms with Crippen LogP contribution in [0, 0.1) is 0 Å². The Hall–Kier alpha value is -0.290. The van der Waals surface area contributed by atoms with Crippen molar-refractivity contribution in [2.45, 2.75) is 30.6 Å². The van der Waals surface area contributed by atoms with Crippen LogP contribution in [0.15, 0.2) is 17.0 Å². The van der Waals surface area contributed by atoms with Gasteiger partial charge >= 0.3 is 0 Å². The molecule has 15 heavy (non-hydrogen) atoms. The summed E-state index contributed by atoms with van der Waals surface area (Å²) in [6.07, 6.45) is 9.39. The lowest BCUT2D eigenvalue weighted by Crippen LogP contribution is -2.26. The first kappa shape index (κ1) is 11.2. The van der Waals surface area contributed by atoms with Gasteiger partial charge in [-0.05, 0) is 35.0 Å². The van der Waals surface area contributed by atoms with Gasteiger partial charge in [0.05, 0.1) is 4.47 Å². The van der Waals surface area contributed by atoms with E-state index in [0.717, 1.165) is 10.3 Å². The molecule has 0 amide bonds. The first-order chi connectivity index (χ1) is 7.31. The number of thioether (sulfide) groups is 1. The summed E-state index contributed by atoms with van der Waals surface area (Å²) in [6, 6.07) is 0.547. The Labute approximate surface area is 103 Å². The predicted octanol–water partition coefficient (Wildman–Crippen LogP) is 2.94. The predicted molar refractivity (Wildman–Crippen MR) is 68.3 cm³/mol. The average molecular weight is 288 g/mol. The van der Waals surface area contributed by atoms with Gasteiger partial charge in [0.15, 0.2) is 0 Å². The van der Waals surface area contributed by atoms with Crippen molar-refractivity contribution in [1.29, 1.82) is 0 Å². The normalized spacial score (nSPS) is 25.5. The Bertz CT molecular complexity index is 334. The second-order valence-corrected chi connectivity index (χ2v) is 5.61. The van der Waals surface area contributed by atoms with E-state index >= 15 is 0 Å². The highest BCUT2D eigenvalue weighted by Crippen LogP contribution is 2.31. The van der Waals surface area contributed by atoms with Gasteiger partial charge in [0.1, 0.15) is 12.1 Å². The van der Waals surface area contributed by atoms with Gasteiger partial charge in [-0.15, -0.1) is 0 Å². The second kappa shape index (κ2) is 5.16. The highest BCUT2D eigenvalue weighted by molar-refractivity contribution is 9.10. The van der Waals surface area contributed by atoms with Crippen LogP contribution >= 0.6 is 27.7 Å². The standard InChI is InChI=1S/C10H14BrN3S/c1-15-9-4-2-3-8(9)14-10-7(11)5-12-6-13-10/h5-6,8-9H,2-4H2,1H3,(H,12,13,14). The highest BCUT2D eigenvalue weighted by Gasteiger charge is 2.26. The van der Waals surface area contributed by atoms with Crippen molar-refractivity contribution >= 4 is 33.5 Å². The van der Waals surface area contributed by atoms with Crippen LogP contribution in [0.25, 0.3) is 0 Å². The molecule has 1 aliphatic rings. The van der Waals surface area contributed by atoms with E-state index in [1.165, 1.54) is 19.3 Å². The van der Waals surface area contributed by atoms with Crippen molar-refractivity contribution in [2.75, 3.05) is 11.6 Å². The minimum atomic E-state index is 0.547. The third-order valence-electron chi connectivity index (χ3n) is 2.75.